The molecular formula is C27H20F2N4O4S. The van der Waals surface area contributed by atoms with Gasteiger partial charge >= 0.3 is 5.97 Å². The summed E-state index contributed by atoms with van der Waals surface area (Å²) in [5.74, 6) is -3.91. The van der Waals surface area contributed by atoms with Crippen LogP contribution < -0.4 is 10.9 Å². The molecule has 0 aliphatic rings. The molecule has 0 bridgehead atoms. The molecule has 3 N–H and O–H groups in total. The number of pyridine rings is 2. The van der Waals surface area contributed by atoms with Crippen molar-refractivity contribution in [1.29, 1.82) is 0 Å². The maximum absolute atomic E-state index is 13.6. The summed E-state index contributed by atoms with van der Waals surface area (Å²) in [5.41, 5.74) is 1.68. The number of fused-ring (bicyclic) bond motifs is 1. The number of aromatic amines is 1. The fraction of sp³-hybridized carbons (Fsp3) is 0.111. The minimum atomic E-state index is -1.12. The minimum Gasteiger partial charge on any atom is -0.481 e. The van der Waals surface area contributed by atoms with E-state index in [4.69, 9.17) is 0 Å². The van der Waals surface area contributed by atoms with E-state index in [9.17, 15) is 28.3 Å². The Morgan fingerprint density at radius 2 is 1.97 bits per heavy atom. The Kier molecular flexibility index (Phi) is 6.84. The predicted molar refractivity (Wildman–Crippen MR) is 138 cm³/mol. The number of hydrogen-bond acceptors (Lipinski definition) is 5. The Balaban J connectivity index is 1.40. The molecule has 0 aliphatic heterocycles. The molecule has 1 atom stereocenters. The van der Waals surface area contributed by atoms with Crippen LogP contribution in [0.15, 0.2) is 77.3 Å². The van der Waals surface area contributed by atoms with Crippen molar-refractivity contribution < 1.29 is 23.5 Å². The molecule has 4 aromatic heterocycles. The summed E-state index contributed by atoms with van der Waals surface area (Å²) < 4.78 is 28.0. The second kappa shape index (κ2) is 10.4. The number of benzene rings is 1. The summed E-state index contributed by atoms with van der Waals surface area (Å²) in [5, 5.41) is 14.8. The molecule has 0 saturated carbocycles. The van der Waals surface area contributed by atoms with E-state index in [0.717, 1.165) is 33.6 Å². The lowest BCUT2D eigenvalue weighted by Gasteiger charge is -2.16. The number of aromatic nitrogens is 3. The second-order valence-electron chi connectivity index (χ2n) is 8.57. The topological polar surface area (TPSA) is 117 Å². The molecular weight excluding hydrogens is 514 g/mol. The van der Waals surface area contributed by atoms with Crippen molar-refractivity contribution in [3.05, 3.63) is 111 Å². The summed E-state index contributed by atoms with van der Waals surface area (Å²) in [4.78, 5) is 46.0. The van der Waals surface area contributed by atoms with Crippen LogP contribution in [0.5, 0.6) is 0 Å². The zero-order valence-corrected chi connectivity index (χ0v) is 20.5. The number of carbonyl (C=O) groups is 2. The first-order valence-corrected chi connectivity index (χ1v) is 12.3. The van der Waals surface area contributed by atoms with E-state index in [1.165, 1.54) is 40.3 Å². The third-order valence-electron chi connectivity index (χ3n) is 6.02. The molecule has 8 nitrogen and oxygen atoms in total. The van der Waals surface area contributed by atoms with Crippen molar-refractivity contribution in [3.63, 3.8) is 0 Å². The summed E-state index contributed by atoms with van der Waals surface area (Å²) in [6.45, 7) is -0.0803. The van der Waals surface area contributed by atoms with E-state index in [1.807, 2.05) is 18.3 Å². The highest BCUT2D eigenvalue weighted by Gasteiger charge is 2.23. The van der Waals surface area contributed by atoms with Gasteiger partial charge in [0, 0.05) is 34.4 Å². The van der Waals surface area contributed by atoms with Crippen molar-refractivity contribution in [2.75, 3.05) is 0 Å². The lowest BCUT2D eigenvalue weighted by molar-refractivity contribution is -0.137. The SMILES string of the molecule is O=C(O)C[C@@H](NC(=O)c1cccn(Cc2ccc(F)c(F)c2)c1=O)c1csc(-c2c[nH]c3ncccc23)c1. The first-order chi connectivity index (χ1) is 18.3. The van der Waals surface area contributed by atoms with Crippen molar-refractivity contribution >= 4 is 34.2 Å². The zero-order chi connectivity index (χ0) is 26.8. The van der Waals surface area contributed by atoms with Crippen LogP contribution in [0, 0.1) is 11.6 Å². The van der Waals surface area contributed by atoms with E-state index in [1.54, 1.807) is 17.6 Å². The molecule has 0 aliphatic carbocycles. The maximum atomic E-state index is 13.6. The van der Waals surface area contributed by atoms with Crippen LogP contribution in [0.1, 0.15) is 33.9 Å². The minimum absolute atomic E-state index is 0.0803. The van der Waals surface area contributed by atoms with Crippen LogP contribution in [0.2, 0.25) is 0 Å². The normalized spacial score (nSPS) is 11.9. The number of hydrogen-bond donors (Lipinski definition) is 3. The molecule has 0 spiro atoms. The number of rotatable bonds is 8. The number of carboxylic acids is 1. The quantitative estimate of drug-likeness (QED) is 0.266. The summed E-state index contributed by atoms with van der Waals surface area (Å²) in [6.07, 6.45) is 4.53. The number of H-pyrrole nitrogens is 1. The number of carboxylic acid groups (broad SMARTS) is 1. The first-order valence-electron chi connectivity index (χ1n) is 11.5. The monoisotopic (exact) mass is 534 g/mol. The molecule has 5 rings (SSSR count). The van der Waals surface area contributed by atoms with Gasteiger partial charge in [0.1, 0.15) is 11.2 Å². The molecule has 5 aromatic rings. The largest absolute Gasteiger partial charge is 0.481 e. The maximum Gasteiger partial charge on any atom is 0.305 e. The van der Waals surface area contributed by atoms with Gasteiger partial charge in [0.2, 0.25) is 0 Å². The third kappa shape index (κ3) is 5.09. The van der Waals surface area contributed by atoms with Gasteiger partial charge in [0.25, 0.3) is 11.5 Å². The van der Waals surface area contributed by atoms with Crippen molar-refractivity contribution in [2.45, 2.75) is 19.0 Å². The van der Waals surface area contributed by atoms with Gasteiger partial charge < -0.3 is 20.0 Å². The highest BCUT2D eigenvalue weighted by molar-refractivity contribution is 7.13. The van der Waals surface area contributed by atoms with Crippen LogP contribution in [-0.4, -0.2) is 31.5 Å². The Morgan fingerprint density at radius 1 is 1.13 bits per heavy atom. The molecule has 11 heteroatoms. The fourth-order valence-corrected chi connectivity index (χ4v) is 5.16. The highest BCUT2D eigenvalue weighted by Crippen LogP contribution is 2.35. The number of nitrogens with zero attached hydrogens (tertiary/aromatic N) is 2. The van der Waals surface area contributed by atoms with Gasteiger partial charge in [-0.05, 0) is 59.0 Å². The van der Waals surface area contributed by atoms with E-state index in [2.05, 4.69) is 15.3 Å². The molecule has 0 fully saturated rings. The molecule has 4 heterocycles. The van der Waals surface area contributed by atoms with E-state index < -0.39 is 41.5 Å². The van der Waals surface area contributed by atoms with Gasteiger partial charge in [-0.2, -0.15) is 0 Å². The van der Waals surface area contributed by atoms with Gasteiger partial charge in [-0.15, -0.1) is 11.3 Å². The van der Waals surface area contributed by atoms with Gasteiger partial charge in [0.05, 0.1) is 19.0 Å². The van der Waals surface area contributed by atoms with Gasteiger partial charge in [0.15, 0.2) is 11.6 Å². The van der Waals surface area contributed by atoms with Crippen LogP contribution >= 0.6 is 11.3 Å². The fourth-order valence-electron chi connectivity index (χ4n) is 4.17. The number of nitrogens with one attached hydrogen (secondary N) is 2. The van der Waals surface area contributed by atoms with Crippen LogP contribution in [0.25, 0.3) is 21.5 Å². The second-order valence-corrected chi connectivity index (χ2v) is 9.48. The van der Waals surface area contributed by atoms with E-state index in [0.29, 0.717) is 11.1 Å². The summed E-state index contributed by atoms with van der Waals surface area (Å²) in [6, 6.07) is 10.8. The Morgan fingerprint density at radius 3 is 2.76 bits per heavy atom. The number of amides is 1. The molecule has 0 saturated heterocycles. The van der Waals surface area contributed by atoms with Crippen molar-refractivity contribution in [2.24, 2.45) is 0 Å². The van der Waals surface area contributed by atoms with Crippen LogP contribution in [0.4, 0.5) is 8.78 Å². The molecule has 1 amide bonds. The number of aliphatic carboxylic acids is 1. The van der Waals surface area contributed by atoms with E-state index in [-0.39, 0.29) is 12.1 Å². The average molecular weight is 535 g/mol. The third-order valence-corrected chi connectivity index (χ3v) is 7.01. The Labute approximate surface area is 218 Å². The van der Waals surface area contributed by atoms with E-state index >= 15 is 0 Å². The standard InChI is InChI=1S/C27H20F2N4O4S/c28-20-6-5-15(9-21(20)29)13-33-8-2-4-18(27(33)37)26(36)32-22(11-24(34)35)16-10-23(38-14-16)19-12-31-25-17(19)3-1-7-30-25/h1-10,12,14,22H,11,13H2,(H,30,31)(H,32,36)(H,34,35)/t22-/m1/s1. The number of thiophene rings is 1. The molecule has 0 radical (unpaired) electrons. The lowest BCUT2D eigenvalue weighted by atomic mass is 10.0. The highest BCUT2D eigenvalue weighted by atomic mass is 32.1. The van der Waals surface area contributed by atoms with Crippen molar-refractivity contribution in [1.82, 2.24) is 19.9 Å². The Bertz CT molecular complexity index is 1730. The number of halogens is 2. The van der Waals surface area contributed by atoms with Gasteiger partial charge in [-0.1, -0.05) is 6.07 Å². The zero-order valence-electron chi connectivity index (χ0n) is 19.7. The van der Waals surface area contributed by atoms with Crippen LogP contribution in [-0.2, 0) is 11.3 Å². The number of carbonyl (C=O) groups excluding carboxylic acids is 1. The smallest absolute Gasteiger partial charge is 0.305 e. The molecule has 192 valence electrons. The molecule has 1 aromatic carbocycles. The molecule has 38 heavy (non-hydrogen) atoms. The Hall–Kier alpha value is -4.64. The lowest BCUT2D eigenvalue weighted by Crippen LogP contribution is -2.35. The molecule has 0 unspecified atom stereocenters. The van der Waals surface area contributed by atoms with Gasteiger partial charge in [-0.3, -0.25) is 14.4 Å². The van der Waals surface area contributed by atoms with Crippen molar-refractivity contribution in [3.8, 4) is 10.4 Å². The first kappa shape index (κ1) is 25.0. The van der Waals surface area contributed by atoms with Crippen LogP contribution in [0.3, 0.4) is 0 Å². The van der Waals surface area contributed by atoms with Gasteiger partial charge in [-0.25, -0.2) is 13.8 Å². The summed E-state index contributed by atoms with van der Waals surface area (Å²) in [7, 11) is 0. The predicted octanol–water partition coefficient (Wildman–Crippen LogP) is 4.73. The average Bonchev–Trinajstić information content (AvgIpc) is 3.54. The summed E-state index contributed by atoms with van der Waals surface area (Å²) >= 11 is 1.39.